The summed E-state index contributed by atoms with van der Waals surface area (Å²) in [6, 6.07) is 0. The van der Waals surface area contributed by atoms with E-state index in [-0.39, 0.29) is 5.41 Å². The van der Waals surface area contributed by atoms with E-state index in [0.717, 1.165) is 17.8 Å². The van der Waals surface area contributed by atoms with Gasteiger partial charge in [0.05, 0.1) is 23.1 Å². The van der Waals surface area contributed by atoms with E-state index in [2.05, 4.69) is 36.4 Å². The Balaban J connectivity index is 3.02. The third-order valence-electron chi connectivity index (χ3n) is 1.60. The lowest BCUT2D eigenvalue weighted by atomic mass is 9.90. The Morgan fingerprint density at radius 1 is 1.27 bits per heavy atom. The van der Waals surface area contributed by atoms with Crippen LogP contribution in [0.3, 0.4) is 0 Å². The molecule has 0 aromatic carbocycles. The molecule has 0 amide bonds. The van der Waals surface area contributed by atoms with Crippen LogP contribution in [-0.2, 0) is 11.8 Å². The summed E-state index contributed by atoms with van der Waals surface area (Å²) in [5.41, 5.74) is 2.46. The average molecular weight is 170 g/mol. The summed E-state index contributed by atoms with van der Waals surface area (Å²) >= 11 is 1.32. The number of aryl methyl sites for hydroxylation is 1. The van der Waals surface area contributed by atoms with Crippen LogP contribution in [0, 0.1) is 0 Å². The second-order valence-electron chi connectivity index (χ2n) is 3.66. The Bertz CT molecular complexity index is 234. The predicted molar refractivity (Wildman–Crippen MR) is 48.0 cm³/mol. The summed E-state index contributed by atoms with van der Waals surface area (Å²) in [7, 11) is 0. The van der Waals surface area contributed by atoms with E-state index < -0.39 is 0 Å². The normalized spacial score (nSPS) is 12.0. The van der Waals surface area contributed by atoms with Gasteiger partial charge >= 0.3 is 0 Å². The van der Waals surface area contributed by atoms with Crippen LogP contribution in [0.4, 0.5) is 0 Å². The van der Waals surface area contributed by atoms with Crippen LogP contribution >= 0.6 is 11.7 Å². The molecule has 0 unspecified atom stereocenters. The summed E-state index contributed by atoms with van der Waals surface area (Å²) in [5, 5.41) is 0. The van der Waals surface area contributed by atoms with Crippen molar-refractivity contribution in [2.45, 2.75) is 39.5 Å². The third-order valence-corrected chi connectivity index (χ3v) is 2.17. The molecule has 0 radical (unpaired) electrons. The molecule has 11 heavy (non-hydrogen) atoms. The fourth-order valence-corrected chi connectivity index (χ4v) is 1.82. The minimum Gasteiger partial charge on any atom is -0.178 e. The minimum atomic E-state index is 0.151. The molecule has 3 heteroatoms. The monoisotopic (exact) mass is 170 g/mol. The van der Waals surface area contributed by atoms with Crippen molar-refractivity contribution in [3.8, 4) is 0 Å². The molecule has 0 aliphatic heterocycles. The Kier molecular flexibility index (Phi) is 2.28. The zero-order valence-electron chi connectivity index (χ0n) is 7.51. The van der Waals surface area contributed by atoms with Crippen LogP contribution in [0.1, 0.15) is 39.1 Å². The standard InChI is InChI=1S/C8H14N2S/c1-5-6-7(8(2,3)4)10-11-9-6/h5H2,1-4H3. The molecule has 0 bridgehead atoms. The quantitative estimate of drug-likeness (QED) is 0.646. The summed E-state index contributed by atoms with van der Waals surface area (Å²) in [6.07, 6.45) is 0.989. The number of hydrogen-bond acceptors (Lipinski definition) is 3. The lowest BCUT2D eigenvalue weighted by molar-refractivity contribution is 0.567. The van der Waals surface area contributed by atoms with E-state index >= 15 is 0 Å². The zero-order chi connectivity index (χ0) is 8.48. The molecule has 62 valence electrons. The van der Waals surface area contributed by atoms with Gasteiger partial charge in [-0.3, -0.25) is 0 Å². The maximum absolute atomic E-state index is 4.29. The first kappa shape index (κ1) is 8.65. The van der Waals surface area contributed by atoms with Gasteiger partial charge in [0.2, 0.25) is 0 Å². The molecule has 2 nitrogen and oxygen atoms in total. The predicted octanol–water partition coefficient (Wildman–Crippen LogP) is 2.40. The van der Waals surface area contributed by atoms with Gasteiger partial charge in [0.15, 0.2) is 0 Å². The molecule has 0 aliphatic carbocycles. The molecule has 1 rings (SSSR count). The summed E-state index contributed by atoms with van der Waals surface area (Å²) in [4.78, 5) is 0. The van der Waals surface area contributed by atoms with Crippen molar-refractivity contribution in [3.05, 3.63) is 11.4 Å². The van der Waals surface area contributed by atoms with Crippen LogP contribution in [0.25, 0.3) is 0 Å². The van der Waals surface area contributed by atoms with E-state index in [4.69, 9.17) is 0 Å². The fourth-order valence-electron chi connectivity index (χ4n) is 1.01. The van der Waals surface area contributed by atoms with E-state index in [0.29, 0.717) is 0 Å². The SMILES string of the molecule is CCc1nsnc1C(C)(C)C. The number of aromatic nitrogens is 2. The van der Waals surface area contributed by atoms with Gasteiger partial charge in [-0.1, -0.05) is 27.7 Å². The molecule has 1 aromatic heterocycles. The highest BCUT2D eigenvalue weighted by Gasteiger charge is 2.20. The molecule has 1 heterocycles. The molecule has 0 fully saturated rings. The van der Waals surface area contributed by atoms with Crippen LogP contribution in [0.5, 0.6) is 0 Å². The first-order valence-electron chi connectivity index (χ1n) is 3.87. The number of rotatable bonds is 1. The second-order valence-corrected chi connectivity index (χ2v) is 4.19. The highest BCUT2D eigenvalue weighted by Crippen LogP contribution is 2.23. The molecule has 0 saturated heterocycles. The van der Waals surface area contributed by atoms with Gasteiger partial charge in [-0.05, 0) is 6.42 Å². The van der Waals surface area contributed by atoms with Crippen LogP contribution in [-0.4, -0.2) is 8.75 Å². The minimum absolute atomic E-state index is 0.151. The summed E-state index contributed by atoms with van der Waals surface area (Å²) in [6.45, 7) is 8.63. The van der Waals surface area contributed by atoms with Gasteiger partial charge in [-0.15, -0.1) is 0 Å². The maximum Gasteiger partial charge on any atom is 0.0828 e. The molecule has 1 aromatic rings. The molecule has 0 aliphatic rings. The molecule has 0 spiro atoms. The topological polar surface area (TPSA) is 25.8 Å². The molecule has 0 saturated carbocycles. The maximum atomic E-state index is 4.29. The molecule has 0 N–H and O–H groups in total. The average Bonchev–Trinajstić information content (AvgIpc) is 2.31. The van der Waals surface area contributed by atoms with Crippen molar-refractivity contribution in [1.82, 2.24) is 8.75 Å². The zero-order valence-corrected chi connectivity index (χ0v) is 8.33. The van der Waals surface area contributed by atoms with Gasteiger partial charge in [0, 0.05) is 5.41 Å². The van der Waals surface area contributed by atoms with Crippen LogP contribution in [0.2, 0.25) is 0 Å². The van der Waals surface area contributed by atoms with Crippen molar-refractivity contribution in [2.24, 2.45) is 0 Å². The number of hydrogen-bond donors (Lipinski definition) is 0. The van der Waals surface area contributed by atoms with E-state index in [1.165, 1.54) is 11.7 Å². The first-order valence-corrected chi connectivity index (χ1v) is 4.60. The van der Waals surface area contributed by atoms with E-state index in [1.807, 2.05) is 0 Å². The van der Waals surface area contributed by atoms with Crippen molar-refractivity contribution >= 4 is 11.7 Å². The third kappa shape index (κ3) is 1.77. The van der Waals surface area contributed by atoms with E-state index in [9.17, 15) is 0 Å². The Labute approximate surface area is 72.0 Å². The van der Waals surface area contributed by atoms with Crippen LogP contribution in [0.15, 0.2) is 0 Å². The van der Waals surface area contributed by atoms with Gasteiger partial charge in [-0.2, -0.15) is 8.75 Å². The van der Waals surface area contributed by atoms with Gasteiger partial charge in [0.25, 0.3) is 0 Å². The Hall–Kier alpha value is -0.440. The van der Waals surface area contributed by atoms with E-state index in [1.54, 1.807) is 0 Å². The highest BCUT2D eigenvalue weighted by atomic mass is 32.1. The summed E-state index contributed by atoms with van der Waals surface area (Å²) in [5.74, 6) is 0. The smallest absolute Gasteiger partial charge is 0.0828 e. The lowest BCUT2D eigenvalue weighted by Crippen LogP contribution is -2.13. The van der Waals surface area contributed by atoms with Crippen molar-refractivity contribution in [3.63, 3.8) is 0 Å². The van der Waals surface area contributed by atoms with Gasteiger partial charge in [0.1, 0.15) is 0 Å². The number of nitrogens with zero attached hydrogens (tertiary/aromatic N) is 2. The first-order chi connectivity index (χ1) is 5.05. The van der Waals surface area contributed by atoms with Crippen molar-refractivity contribution in [2.75, 3.05) is 0 Å². The molecule has 0 atom stereocenters. The fraction of sp³-hybridized carbons (Fsp3) is 0.750. The Morgan fingerprint density at radius 3 is 2.27 bits per heavy atom. The molecular weight excluding hydrogens is 156 g/mol. The Morgan fingerprint density at radius 2 is 1.91 bits per heavy atom. The largest absolute Gasteiger partial charge is 0.178 e. The lowest BCUT2D eigenvalue weighted by Gasteiger charge is -2.15. The second kappa shape index (κ2) is 2.89. The highest BCUT2D eigenvalue weighted by molar-refractivity contribution is 6.99. The van der Waals surface area contributed by atoms with Gasteiger partial charge < -0.3 is 0 Å². The van der Waals surface area contributed by atoms with Crippen LogP contribution < -0.4 is 0 Å². The van der Waals surface area contributed by atoms with Crippen molar-refractivity contribution in [1.29, 1.82) is 0 Å². The van der Waals surface area contributed by atoms with Gasteiger partial charge in [-0.25, -0.2) is 0 Å². The summed E-state index contributed by atoms with van der Waals surface area (Å²) < 4.78 is 8.52. The van der Waals surface area contributed by atoms with Crippen molar-refractivity contribution < 1.29 is 0 Å². The molecular formula is C8H14N2S.